The maximum absolute atomic E-state index is 12.6. The van der Waals surface area contributed by atoms with E-state index in [9.17, 15) is 25.2 Å². The Balaban J connectivity index is 0.861. The predicted molar refractivity (Wildman–Crippen MR) is 218 cm³/mol. The van der Waals surface area contributed by atoms with Gasteiger partial charge in [-0.3, -0.25) is 4.79 Å². The number of methoxy groups -OCH3 is 1. The van der Waals surface area contributed by atoms with Gasteiger partial charge in [-0.25, -0.2) is 0 Å². The third-order valence-corrected chi connectivity index (χ3v) is 10.7. The topological polar surface area (TPSA) is 171 Å². The molecule has 0 aliphatic carbocycles. The monoisotopic (exact) mass is 801 g/mol. The minimum absolute atomic E-state index is 0.169. The number of hydrogen-bond acceptors (Lipinski definition) is 11. The lowest BCUT2D eigenvalue weighted by atomic mass is 9.93. The first-order valence-electron chi connectivity index (χ1n) is 19.6. The number of fused-ring (bicyclic) bond motifs is 1. The molecule has 2 aliphatic rings. The summed E-state index contributed by atoms with van der Waals surface area (Å²) in [6, 6.07) is 20.1. The van der Waals surface area contributed by atoms with Crippen LogP contribution in [-0.4, -0.2) is 52.4 Å². The van der Waals surface area contributed by atoms with Crippen molar-refractivity contribution in [2.75, 3.05) is 25.6 Å². The fourth-order valence-electron chi connectivity index (χ4n) is 7.26. The van der Waals surface area contributed by atoms with Crippen molar-refractivity contribution in [1.29, 1.82) is 0 Å². The SMILES string of the molecule is COc1ccc(C2=NOC(c3cc(CO)c(CO)c(CO)c3)C2)cc1OCCCCCCCCCCOc1ccc(C2NC(=O)c3cc(Cl)ccc3N2)cc1CO. The number of hydrogen-bond donors (Lipinski definition) is 6. The molecule has 0 spiro atoms. The third-order valence-electron chi connectivity index (χ3n) is 10.4. The first kappa shape index (κ1) is 41.8. The molecule has 2 heterocycles. The number of oxime groups is 1. The zero-order chi connectivity index (χ0) is 40.1. The van der Waals surface area contributed by atoms with Crippen molar-refractivity contribution in [2.24, 2.45) is 5.16 Å². The summed E-state index contributed by atoms with van der Waals surface area (Å²) in [6.07, 6.45) is 8.23. The Morgan fingerprint density at radius 3 is 1.98 bits per heavy atom. The summed E-state index contributed by atoms with van der Waals surface area (Å²) in [5.41, 5.74) is 6.74. The van der Waals surface area contributed by atoms with Crippen LogP contribution in [0.3, 0.4) is 0 Å². The number of aliphatic hydroxyl groups is 4. The van der Waals surface area contributed by atoms with E-state index in [0.717, 1.165) is 73.8 Å². The normalized spacial score (nSPS) is 16.0. The Morgan fingerprint density at radius 1 is 0.702 bits per heavy atom. The summed E-state index contributed by atoms with van der Waals surface area (Å²) in [4.78, 5) is 18.4. The van der Waals surface area contributed by atoms with E-state index in [-0.39, 0.29) is 38.4 Å². The van der Waals surface area contributed by atoms with E-state index in [4.69, 9.17) is 30.6 Å². The van der Waals surface area contributed by atoms with Gasteiger partial charge in [-0.2, -0.15) is 0 Å². The third kappa shape index (κ3) is 10.6. The Morgan fingerprint density at radius 2 is 1.33 bits per heavy atom. The second kappa shape index (κ2) is 20.5. The standard InChI is InChI=1S/C44H52ClN3O9/c1-54-40-15-10-28(38-23-41(57-48-38)30-19-31(24-49)36(27-52)32(20-30)25-50)21-42(40)56-17-9-7-5-3-2-4-6-8-16-55-39-14-11-29(18-33(39)26-51)43-46-37-13-12-34(45)22-35(37)44(53)47-43/h10-15,18-22,41,43,46,49-52H,2-9,16-17,23-27H2,1H3,(H,47,53). The molecule has 0 aromatic heterocycles. The summed E-state index contributed by atoms with van der Waals surface area (Å²) in [5, 5.41) is 50.5. The van der Waals surface area contributed by atoms with Gasteiger partial charge in [-0.15, -0.1) is 0 Å². The minimum Gasteiger partial charge on any atom is -0.493 e. The van der Waals surface area contributed by atoms with E-state index < -0.39 is 6.17 Å². The molecule has 13 heteroatoms. The number of anilines is 1. The van der Waals surface area contributed by atoms with Gasteiger partial charge in [-0.1, -0.05) is 61.3 Å². The van der Waals surface area contributed by atoms with Gasteiger partial charge >= 0.3 is 0 Å². The number of aliphatic hydroxyl groups excluding tert-OH is 4. The first-order chi connectivity index (χ1) is 27.8. The van der Waals surface area contributed by atoms with Crippen LogP contribution in [0.4, 0.5) is 5.69 Å². The number of nitrogens with one attached hydrogen (secondary N) is 2. The molecule has 0 bridgehead atoms. The van der Waals surface area contributed by atoms with Gasteiger partial charge in [0.05, 0.1) is 58.0 Å². The van der Waals surface area contributed by atoms with Crippen molar-refractivity contribution in [2.45, 2.75) is 96.5 Å². The average Bonchev–Trinajstić information content (AvgIpc) is 3.74. The maximum Gasteiger partial charge on any atom is 0.255 e. The second-order valence-corrected chi connectivity index (χ2v) is 14.7. The van der Waals surface area contributed by atoms with Crippen LogP contribution in [0, 0.1) is 0 Å². The van der Waals surface area contributed by atoms with Crippen molar-refractivity contribution in [3.8, 4) is 17.2 Å². The molecule has 57 heavy (non-hydrogen) atoms. The van der Waals surface area contributed by atoms with E-state index in [1.54, 1.807) is 37.4 Å². The summed E-state index contributed by atoms with van der Waals surface area (Å²) in [7, 11) is 1.62. The molecule has 4 aromatic rings. The average molecular weight is 802 g/mol. The highest BCUT2D eigenvalue weighted by Crippen LogP contribution is 2.36. The zero-order valence-corrected chi connectivity index (χ0v) is 33.0. The number of benzene rings is 4. The molecule has 2 aliphatic heterocycles. The lowest BCUT2D eigenvalue weighted by Crippen LogP contribution is -2.38. The van der Waals surface area contributed by atoms with Crippen molar-refractivity contribution >= 4 is 28.9 Å². The Hall–Kier alpha value is -4.85. The Bertz CT molecular complexity index is 2000. The largest absolute Gasteiger partial charge is 0.493 e. The van der Waals surface area contributed by atoms with Crippen LogP contribution in [0.5, 0.6) is 17.2 Å². The van der Waals surface area contributed by atoms with Gasteiger partial charge < -0.3 is 50.1 Å². The molecule has 2 atom stereocenters. The number of carbonyl (C=O) groups excluding carboxylic acids is 1. The van der Waals surface area contributed by atoms with Crippen LogP contribution in [-0.2, 0) is 31.3 Å². The van der Waals surface area contributed by atoms with Gasteiger partial charge in [0.15, 0.2) is 17.6 Å². The fourth-order valence-corrected chi connectivity index (χ4v) is 7.43. The summed E-state index contributed by atoms with van der Waals surface area (Å²) < 4.78 is 17.7. The molecular formula is C44H52ClN3O9. The van der Waals surface area contributed by atoms with Gasteiger partial charge in [0.25, 0.3) is 5.91 Å². The van der Waals surface area contributed by atoms with Gasteiger partial charge in [0.1, 0.15) is 11.9 Å². The van der Waals surface area contributed by atoms with Crippen molar-refractivity contribution in [3.63, 3.8) is 0 Å². The van der Waals surface area contributed by atoms with Crippen LogP contribution in [0.1, 0.15) is 119 Å². The van der Waals surface area contributed by atoms with E-state index in [2.05, 4.69) is 15.8 Å². The lowest BCUT2D eigenvalue weighted by Gasteiger charge is -2.28. The second-order valence-electron chi connectivity index (χ2n) is 14.3. The zero-order valence-electron chi connectivity index (χ0n) is 32.3. The molecular weight excluding hydrogens is 750 g/mol. The van der Waals surface area contributed by atoms with Crippen LogP contribution >= 0.6 is 11.6 Å². The molecule has 6 N–H and O–H groups in total. The number of ether oxygens (including phenoxy) is 3. The number of halogens is 1. The van der Waals surface area contributed by atoms with Gasteiger partial charge in [0.2, 0.25) is 0 Å². The molecule has 2 unspecified atom stereocenters. The molecule has 1 amide bonds. The lowest BCUT2D eigenvalue weighted by molar-refractivity contribution is 0.0853. The smallest absolute Gasteiger partial charge is 0.255 e. The van der Waals surface area contributed by atoms with E-state index in [1.165, 1.54) is 0 Å². The molecule has 0 radical (unpaired) electrons. The van der Waals surface area contributed by atoms with Crippen molar-refractivity contribution < 1.29 is 44.3 Å². The summed E-state index contributed by atoms with van der Waals surface area (Å²) >= 11 is 6.05. The van der Waals surface area contributed by atoms with E-state index in [1.807, 2.05) is 36.4 Å². The number of rotatable bonds is 21. The van der Waals surface area contributed by atoms with Crippen molar-refractivity contribution in [1.82, 2.24) is 5.32 Å². The number of carbonyl (C=O) groups is 1. The van der Waals surface area contributed by atoms with E-state index in [0.29, 0.717) is 75.4 Å². The van der Waals surface area contributed by atoms with Gasteiger partial charge in [0, 0.05) is 28.3 Å². The Labute approximate surface area is 338 Å². The molecule has 4 aromatic carbocycles. The molecule has 304 valence electrons. The highest BCUT2D eigenvalue weighted by molar-refractivity contribution is 6.31. The van der Waals surface area contributed by atoms with Crippen LogP contribution < -0.4 is 24.8 Å². The summed E-state index contributed by atoms with van der Waals surface area (Å²) in [5.74, 6) is 1.73. The predicted octanol–water partition coefficient (Wildman–Crippen LogP) is 7.62. The number of unbranched alkanes of at least 4 members (excludes halogenated alkanes) is 7. The van der Waals surface area contributed by atoms with Crippen molar-refractivity contribution in [3.05, 3.63) is 116 Å². The first-order valence-corrected chi connectivity index (χ1v) is 20.0. The quantitative estimate of drug-likeness (QED) is 0.0461. The molecule has 0 saturated heterocycles. The van der Waals surface area contributed by atoms with Gasteiger partial charge in [-0.05, 0) is 101 Å². The molecule has 6 rings (SSSR count). The highest BCUT2D eigenvalue weighted by atomic mass is 35.5. The molecule has 0 saturated carbocycles. The van der Waals surface area contributed by atoms with Crippen LogP contribution in [0.15, 0.2) is 71.9 Å². The molecule has 12 nitrogen and oxygen atoms in total. The fraction of sp³-hybridized carbons (Fsp3) is 0.409. The highest BCUT2D eigenvalue weighted by Gasteiger charge is 2.27. The number of nitrogens with zero attached hydrogens (tertiary/aromatic N) is 1. The van der Waals surface area contributed by atoms with E-state index >= 15 is 0 Å². The maximum atomic E-state index is 12.6. The van der Waals surface area contributed by atoms with Crippen LogP contribution in [0.2, 0.25) is 5.02 Å². The number of amides is 1. The minimum atomic E-state index is -0.432. The Kier molecular flexibility index (Phi) is 15.0. The van der Waals surface area contributed by atoms with Crippen LogP contribution in [0.25, 0.3) is 0 Å². The summed E-state index contributed by atoms with van der Waals surface area (Å²) in [6.45, 7) is 0.194. The molecule has 0 fully saturated rings.